The van der Waals surface area contributed by atoms with Crippen LogP contribution >= 0.6 is 34.7 Å². The molecule has 32 heavy (non-hydrogen) atoms. The van der Waals surface area contributed by atoms with Crippen LogP contribution in [-0.4, -0.2) is 32.3 Å². The van der Waals surface area contributed by atoms with E-state index in [2.05, 4.69) is 15.5 Å². The number of amides is 2. The molecule has 7 nitrogen and oxygen atoms in total. The standard InChI is InChI=1S/C22H18ClN5O2S2/c1-13-2-4-14(5-3-13)20-26-27-22(28(20)16-8-6-15(23)7-9-16)32-12-18(29)25-21-17(19(24)30)10-11-31-21/h2-11H,12H2,1H3,(H2,24,30)(H,25,29). The van der Waals surface area contributed by atoms with Gasteiger partial charge in [-0.1, -0.05) is 53.2 Å². The molecule has 162 valence electrons. The molecule has 0 saturated carbocycles. The second-order valence-electron chi connectivity index (χ2n) is 6.85. The lowest BCUT2D eigenvalue weighted by molar-refractivity contribution is -0.113. The van der Waals surface area contributed by atoms with Crippen LogP contribution in [0.2, 0.25) is 5.02 Å². The minimum Gasteiger partial charge on any atom is -0.366 e. The predicted molar refractivity (Wildman–Crippen MR) is 129 cm³/mol. The van der Waals surface area contributed by atoms with Crippen LogP contribution in [0.3, 0.4) is 0 Å². The molecule has 0 fully saturated rings. The Hall–Kier alpha value is -3.14. The normalized spacial score (nSPS) is 10.8. The van der Waals surface area contributed by atoms with Gasteiger partial charge in [0, 0.05) is 16.3 Å². The monoisotopic (exact) mass is 483 g/mol. The van der Waals surface area contributed by atoms with Crippen molar-refractivity contribution in [3.63, 3.8) is 0 Å². The highest BCUT2D eigenvalue weighted by molar-refractivity contribution is 7.99. The first-order valence-corrected chi connectivity index (χ1v) is 11.7. The van der Waals surface area contributed by atoms with E-state index in [1.54, 1.807) is 23.6 Å². The van der Waals surface area contributed by atoms with E-state index in [-0.39, 0.29) is 11.7 Å². The van der Waals surface area contributed by atoms with Gasteiger partial charge in [0.2, 0.25) is 5.91 Å². The Morgan fingerprint density at radius 2 is 1.81 bits per heavy atom. The SMILES string of the molecule is Cc1ccc(-c2nnc(SCC(=O)Nc3sccc3C(N)=O)n2-c2ccc(Cl)cc2)cc1. The molecule has 3 N–H and O–H groups in total. The number of nitrogens with zero attached hydrogens (tertiary/aromatic N) is 3. The number of halogens is 1. The van der Waals surface area contributed by atoms with Crippen molar-refractivity contribution in [3.8, 4) is 17.1 Å². The third-order valence-corrected chi connectivity index (χ3v) is 6.55. The van der Waals surface area contributed by atoms with Gasteiger partial charge in [-0.2, -0.15) is 0 Å². The van der Waals surface area contributed by atoms with E-state index in [1.807, 2.05) is 47.9 Å². The fraction of sp³-hybridized carbons (Fsp3) is 0.0909. The van der Waals surface area contributed by atoms with Crippen molar-refractivity contribution < 1.29 is 9.59 Å². The Morgan fingerprint density at radius 3 is 2.50 bits per heavy atom. The van der Waals surface area contributed by atoms with Crippen LogP contribution in [-0.2, 0) is 4.79 Å². The highest BCUT2D eigenvalue weighted by atomic mass is 35.5. The Balaban J connectivity index is 1.60. The summed E-state index contributed by atoms with van der Waals surface area (Å²) < 4.78 is 1.89. The molecule has 0 bridgehead atoms. The molecule has 0 spiro atoms. The molecule has 2 amide bonds. The maximum atomic E-state index is 12.5. The highest BCUT2D eigenvalue weighted by Crippen LogP contribution is 2.29. The number of benzene rings is 2. The molecule has 2 aromatic heterocycles. The number of nitrogens with one attached hydrogen (secondary N) is 1. The van der Waals surface area contributed by atoms with Crippen LogP contribution in [0.4, 0.5) is 5.00 Å². The maximum absolute atomic E-state index is 12.5. The summed E-state index contributed by atoms with van der Waals surface area (Å²) >= 11 is 8.55. The van der Waals surface area contributed by atoms with E-state index in [9.17, 15) is 9.59 Å². The number of nitrogens with two attached hydrogens (primary N) is 1. The van der Waals surface area contributed by atoms with Crippen LogP contribution in [0.1, 0.15) is 15.9 Å². The Labute approximate surface area is 197 Å². The van der Waals surface area contributed by atoms with Gasteiger partial charge in [0.1, 0.15) is 5.00 Å². The van der Waals surface area contributed by atoms with E-state index < -0.39 is 5.91 Å². The van der Waals surface area contributed by atoms with Crippen LogP contribution in [0.25, 0.3) is 17.1 Å². The number of anilines is 1. The van der Waals surface area contributed by atoms with Crippen LogP contribution in [0.5, 0.6) is 0 Å². The molecular weight excluding hydrogens is 466 g/mol. The van der Waals surface area contributed by atoms with Crippen molar-refractivity contribution in [1.82, 2.24) is 14.8 Å². The average Bonchev–Trinajstić information content (AvgIpc) is 3.40. The lowest BCUT2D eigenvalue weighted by atomic mass is 10.1. The lowest BCUT2D eigenvalue weighted by Gasteiger charge is -2.11. The zero-order chi connectivity index (χ0) is 22.7. The summed E-state index contributed by atoms with van der Waals surface area (Å²) in [5, 5.41) is 14.7. The van der Waals surface area contributed by atoms with Gasteiger partial charge >= 0.3 is 0 Å². The highest BCUT2D eigenvalue weighted by Gasteiger charge is 2.18. The van der Waals surface area contributed by atoms with Crippen molar-refractivity contribution >= 4 is 51.5 Å². The topological polar surface area (TPSA) is 103 Å². The first-order valence-electron chi connectivity index (χ1n) is 9.50. The van der Waals surface area contributed by atoms with Crippen molar-refractivity contribution in [2.75, 3.05) is 11.1 Å². The number of aromatic nitrogens is 3. The molecule has 0 aliphatic carbocycles. The second kappa shape index (κ2) is 9.56. The van der Waals surface area contributed by atoms with Crippen LogP contribution in [0.15, 0.2) is 65.1 Å². The summed E-state index contributed by atoms with van der Waals surface area (Å²) in [5.74, 6) is -0.123. The molecule has 0 aliphatic heterocycles. The molecule has 4 rings (SSSR count). The van der Waals surface area contributed by atoms with Gasteiger partial charge in [0.25, 0.3) is 5.91 Å². The van der Waals surface area contributed by atoms with Gasteiger partial charge in [-0.05, 0) is 42.6 Å². The van der Waals surface area contributed by atoms with Gasteiger partial charge in [0.15, 0.2) is 11.0 Å². The molecule has 2 heterocycles. The van der Waals surface area contributed by atoms with E-state index in [4.69, 9.17) is 17.3 Å². The number of carbonyl (C=O) groups excluding carboxylic acids is 2. The van der Waals surface area contributed by atoms with Gasteiger partial charge in [-0.3, -0.25) is 14.2 Å². The number of thioether (sulfide) groups is 1. The molecule has 0 unspecified atom stereocenters. The molecule has 4 aromatic rings. The Morgan fingerprint density at radius 1 is 1.09 bits per heavy atom. The summed E-state index contributed by atoms with van der Waals surface area (Å²) in [6.45, 7) is 2.02. The summed E-state index contributed by atoms with van der Waals surface area (Å²) in [7, 11) is 0. The number of carbonyl (C=O) groups is 2. The van der Waals surface area contributed by atoms with Gasteiger partial charge < -0.3 is 11.1 Å². The zero-order valence-electron chi connectivity index (χ0n) is 16.9. The average molecular weight is 484 g/mol. The Kier molecular flexibility index (Phi) is 6.59. The summed E-state index contributed by atoms with van der Waals surface area (Å²) in [5.41, 5.74) is 8.50. The zero-order valence-corrected chi connectivity index (χ0v) is 19.3. The minimum absolute atomic E-state index is 0.0791. The van der Waals surface area contributed by atoms with E-state index in [1.165, 1.54) is 23.1 Å². The second-order valence-corrected chi connectivity index (χ2v) is 9.14. The minimum atomic E-state index is -0.584. The van der Waals surface area contributed by atoms with Crippen molar-refractivity contribution in [3.05, 3.63) is 76.1 Å². The molecule has 10 heteroatoms. The molecule has 0 aliphatic rings. The third kappa shape index (κ3) is 4.85. The van der Waals surface area contributed by atoms with E-state index >= 15 is 0 Å². The van der Waals surface area contributed by atoms with Crippen LogP contribution < -0.4 is 11.1 Å². The molecule has 0 atom stereocenters. The van der Waals surface area contributed by atoms with Crippen molar-refractivity contribution in [2.24, 2.45) is 5.73 Å². The molecule has 2 aromatic carbocycles. The third-order valence-electron chi connectivity index (χ3n) is 4.54. The van der Waals surface area contributed by atoms with Gasteiger partial charge in [-0.25, -0.2) is 0 Å². The van der Waals surface area contributed by atoms with E-state index in [0.717, 1.165) is 16.8 Å². The first kappa shape index (κ1) is 22.1. The fourth-order valence-corrected chi connectivity index (χ4v) is 4.66. The Bertz CT molecular complexity index is 1270. The van der Waals surface area contributed by atoms with Crippen molar-refractivity contribution in [2.45, 2.75) is 12.1 Å². The molecular formula is C22H18ClN5O2S2. The quantitative estimate of drug-likeness (QED) is 0.368. The van der Waals surface area contributed by atoms with Gasteiger partial charge in [0.05, 0.1) is 11.3 Å². The largest absolute Gasteiger partial charge is 0.366 e. The number of thiophene rings is 1. The summed E-state index contributed by atoms with van der Waals surface area (Å²) in [4.78, 5) is 24.0. The van der Waals surface area contributed by atoms with Crippen LogP contribution in [0, 0.1) is 6.92 Å². The number of hydrogen-bond donors (Lipinski definition) is 2. The molecule has 0 radical (unpaired) electrons. The summed E-state index contributed by atoms with van der Waals surface area (Å²) in [6, 6.07) is 16.9. The number of aryl methyl sites for hydroxylation is 1. The number of hydrogen-bond acceptors (Lipinski definition) is 6. The summed E-state index contributed by atoms with van der Waals surface area (Å²) in [6.07, 6.45) is 0. The van der Waals surface area contributed by atoms with Gasteiger partial charge in [-0.15, -0.1) is 21.5 Å². The first-order chi connectivity index (χ1) is 15.4. The maximum Gasteiger partial charge on any atom is 0.251 e. The lowest BCUT2D eigenvalue weighted by Crippen LogP contribution is -2.18. The molecule has 0 saturated heterocycles. The van der Waals surface area contributed by atoms with Crippen molar-refractivity contribution in [1.29, 1.82) is 0 Å². The van der Waals surface area contributed by atoms with E-state index in [0.29, 0.717) is 26.6 Å². The fourth-order valence-electron chi connectivity index (χ4n) is 2.97. The number of primary amides is 1. The number of rotatable bonds is 7. The predicted octanol–water partition coefficient (Wildman–Crippen LogP) is 4.79. The smallest absolute Gasteiger partial charge is 0.251 e.